The number of allylic oxidation sites excluding steroid dienone is 1. The molecular formula is C9H17NO. The summed E-state index contributed by atoms with van der Waals surface area (Å²) in [6, 6.07) is 0.460. The first-order chi connectivity index (χ1) is 5.33. The van der Waals surface area contributed by atoms with Crippen LogP contribution >= 0.6 is 0 Å². The molecule has 1 heterocycles. The Morgan fingerprint density at radius 2 is 2.36 bits per heavy atom. The van der Waals surface area contributed by atoms with Crippen molar-refractivity contribution in [3.8, 4) is 0 Å². The predicted octanol–water partition coefficient (Wildman–Crippen LogP) is 2.37. The van der Waals surface area contributed by atoms with E-state index in [9.17, 15) is 0 Å². The van der Waals surface area contributed by atoms with Crippen molar-refractivity contribution in [3.05, 3.63) is 11.8 Å². The molecule has 1 aliphatic rings. The summed E-state index contributed by atoms with van der Waals surface area (Å²) in [5.74, 6) is 1.01. The first kappa shape index (κ1) is 8.60. The lowest BCUT2D eigenvalue weighted by atomic mass is 10.1. The highest BCUT2D eigenvalue weighted by atomic mass is 16.7. The second-order valence-corrected chi connectivity index (χ2v) is 3.10. The van der Waals surface area contributed by atoms with E-state index in [1.807, 2.05) is 6.92 Å². The van der Waals surface area contributed by atoms with Gasteiger partial charge in [-0.1, -0.05) is 26.2 Å². The summed E-state index contributed by atoms with van der Waals surface area (Å²) in [6.45, 7) is 4.20. The first-order valence-corrected chi connectivity index (χ1v) is 4.43. The van der Waals surface area contributed by atoms with E-state index in [1.54, 1.807) is 0 Å². The van der Waals surface area contributed by atoms with Crippen molar-refractivity contribution < 1.29 is 4.84 Å². The third-order valence-corrected chi connectivity index (χ3v) is 1.93. The van der Waals surface area contributed by atoms with Gasteiger partial charge in [-0.25, -0.2) is 0 Å². The molecule has 0 spiro atoms. The molecule has 1 N–H and O–H groups in total. The van der Waals surface area contributed by atoms with Crippen molar-refractivity contribution >= 4 is 0 Å². The molecule has 0 aliphatic carbocycles. The van der Waals surface area contributed by atoms with E-state index in [0.29, 0.717) is 6.04 Å². The number of hydroxylamine groups is 1. The molecule has 2 heteroatoms. The molecule has 2 nitrogen and oxygen atoms in total. The Morgan fingerprint density at radius 3 is 2.91 bits per heavy atom. The smallest absolute Gasteiger partial charge is 0.118 e. The number of hydrogen-bond acceptors (Lipinski definition) is 2. The van der Waals surface area contributed by atoms with Gasteiger partial charge in [0, 0.05) is 0 Å². The largest absolute Gasteiger partial charge is 0.413 e. The van der Waals surface area contributed by atoms with Gasteiger partial charge in [0.25, 0.3) is 0 Å². The molecule has 0 radical (unpaired) electrons. The van der Waals surface area contributed by atoms with Crippen LogP contribution in [0.3, 0.4) is 0 Å². The van der Waals surface area contributed by atoms with Crippen LogP contribution in [0, 0.1) is 0 Å². The fourth-order valence-electron chi connectivity index (χ4n) is 1.28. The summed E-state index contributed by atoms with van der Waals surface area (Å²) in [4.78, 5) is 5.11. The van der Waals surface area contributed by atoms with Gasteiger partial charge in [-0.05, 0) is 19.4 Å². The maximum absolute atomic E-state index is 5.11. The molecular weight excluding hydrogens is 138 g/mol. The molecule has 0 saturated carbocycles. The SMILES string of the molecule is CCCCCC1C=C(C)ON1. The average molecular weight is 155 g/mol. The van der Waals surface area contributed by atoms with Crippen molar-refractivity contribution in [3.63, 3.8) is 0 Å². The zero-order valence-corrected chi connectivity index (χ0v) is 7.39. The van der Waals surface area contributed by atoms with E-state index in [0.717, 1.165) is 5.76 Å². The molecule has 1 unspecified atom stereocenters. The molecule has 1 rings (SSSR count). The minimum Gasteiger partial charge on any atom is -0.413 e. The lowest BCUT2D eigenvalue weighted by molar-refractivity contribution is 0.114. The van der Waals surface area contributed by atoms with Gasteiger partial charge in [0.15, 0.2) is 0 Å². The highest BCUT2D eigenvalue weighted by Gasteiger charge is 2.12. The van der Waals surface area contributed by atoms with Crippen LogP contribution in [0.4, 0.5) is 0 Å². The molecule has 1 atom stereocenters. The van der Waals surface area contributed by atoms with Gasteiger partial charge >= 0.3 is 0 Å². The molecule has 0 aromatic heterocycles. The highest BCUT2D eigenvalue weighted by molar-refractivity contribution is 5.00. The topological polar surface area (TPSA) is 21.3 Å². The molecule has 1 aliphatic heterocycles. The van der Waals surface area contributed by atoms with E-state index in [1.165, 1.54) is 25.7 Å². The van der Waals surface area contributed by atoms with Gasteiger partial charge in [-0.2, -0.15) is 5.48 Å². The van der Waals surface area contributed by atoms with Crippen LogP contribution in [0.5, 0.6) is 0 Å². The van der Waals surface area contributed by atoms with Crippen molar-refractivity contribution in [2.24, 2.45) is 0 Å². The fraction of sp³-hybridized carbons (Fsp3) is 0.778. The van der Waals surface area contributed by atoms with Crippen LogP contribution < -0.4 is 5.48 Å². The highest BCUT2D eigenvalue weighted by Crippen LogP contribution is 2.12. The molecule has 0 bridgehead atoms. The van der Waals surface area contributed by atoms with Gasteiger partial charge < -0.3 is 4.84 Å². The number of unbranched alkanes of at least 4 members (excludes halogenated alkanes) is 2. The second kappa shape index (κ2) is 4.39. The predicted molar refractivity (Wildman–Crippen MR) is 45.9 cm³/mol. The maximum atomic E-state index is 5.11. The monoisotopic (exact) mass is 155 g/mol. The molecule has 64 valence electrons. The number of nitrogens with one attached hydrogen (secondary N) is 1. The minimum absolute atomic E-state index is 0.460. The van der Waals surface area contributed by atoms with E-state index >= 15 is 0 Å². The van der Waals surface area contributed by atoms with Gasteiger partial charge in [-0.15, -0.1) is 0 Å². The van der Waals surface area contributed by atoms with Crippen molar-refractivity contribution in [1.82, 2.24) is 5.48 Å². The summed E-state index contributed by atoms with van der Waals surface area (Å²) in [7, 11) is 0. The van der Waals surface area contributed by atoms with Gasteiger partial charge in [0.2, 0.25) is 0 Å². The zero-order chi connectivity index (χ0) is 8.10. The third kappa shape index (κ3) is 2.93. The van der Waals surface area contributed by atoms with Crippen LogP contribution in [0.1, 0.15) is 39.5 Å². The Morgan fingerprint density at radius 1 is 1.55 bits per heavy atom. The van der Waals surface area contributed by atoms with E-state index in [4.69, 9.17) is 4.84 Å². The van der Waals surface area contributed by atoms with Gasteiger partial charge in [0.05, 0.1) is 6.04 Å². The standard InChI is InChI=1S/C9H17NO/c1-3-4-5-6-9-7-8(2)11-10-9/h7,9-10H,3-6H2,1-2H3. The molecule has 0 aromatic rings. The number of hydrogen-bond donors (Lipinski definition) is 1. The number of rotatable bonds is 4. The summed E-state index contributed by atoms with van der Waals surface area (Å²) in [6.07, 6.45) is 7.25. The summed E-state index contributed by atoms with van der Waals surface area (Å²) >= 11 is 0. The van der Waals surface area contributed by atoms with Crippen molar-refractivity contribution in [2.75, 3.05) is 0 Å². The Kier molecular flexibility index (Phi) is 3.43. The van der Waals surface area contributed by atoms with E-state index < -0.39 is 0 Å². The normalized spacial score (nSPS) is 23.1. The third-order valence-electron chi connectivity index (χ3n) is 1.93. The lowest BCUT2D eigenvalue weighted by Gasteiger charge is -2.05. The molecule has 11 heavy (non-hydrogen) atoms. The summed E-state index contributed by atoms with van der Waals surface area (Å²) in [5, 5.41) is 0. The quantitative estimate of drug-likeness (QED) is 0.629. The molecule has 0 saturated heterocycles. The Balaban J connectivity index is 2.08. The Bertz CT molecular complexity index is 142. The van der Waals surface area contributed by atoms with Crippen LogP contribution in [-0.2, 0) is 4.84 Å². The minimum atomic E-state index is 0.460. The second-order valence-electron chi connectivity index (χ2n) is 3.10. The van der Waals surface area contributed by atoms with E-state index in [-0.39, 0.29) is 0 Å². The van der Waals surface area contributed by atoms with Crippen LogP contribution in [0.2, 0.25) is 0 Å². The zero-order valence-electron chi connectivity index (χ0n) is 7.39. The van der Waals surface area contributed by atoms with Crippen LogP contribution in [-0.4, -0.2) is 6.04 Å². The molecule has 0 aromatic carbocycles. The van der Waals surface area contributed by atoms with Gasteiger partial charge in [-0.3, -0.25) is 0 Å². The fourth-order valence-corrected chi connectivity index (χ4v) is 1.28. The van der Waals surface area contributed by atoms with Crippen molar-refractivity contribution in [2.45, 2.75) is 45.6 Å². The maximum Gasteiger partial charge on any atom is 0.118 e. The summed E-state index contributed by atoms with van der Waals surface area (Å²) < 4.78 is 0. The lowest BCUT2D eigenvalue weighted by Crippen LogP contribution is -2.20. The van der Waals surface area contributed by atoms with Crippen molar-refractivity contribution in [1.29, 1.82) is 0 Å². The van der Waals surface area contributed by atoms with Crippen LogP contribution in [0.15, 0.2) is 11.8 Å². The molecule has 0 fully saturated rings. The average Bonchev–Trinajstić information content (AvgIpc) is 2.37. The van der Waals surface area contributed by atoms with Crippen LogP contribution in [0.25, 0.3) is 0 Å². The first-order valence-electron chi connectivity index (χ1n) is 4.43. The Hall–Kier alpha value is -0.500. The van der Waals surface area contributed by atoms with Gasteiger partial charge in [0.1, 0.15) is 5.76 Å². The van der Waals surface area contributed by atoms with E-state index in [2.05, 4.69) is 18.5 Å². The Labute approximate surface area is 68.6 Å². The molecule has 0 amide bonds. The summed E-state index contributed by atoms with van der Waals surface area (Å²) in [5.41, 5.74) is 2.97.